The van der Waals surface area contributed by atoms with E-state index >= 15 is 0 Å². The predicted octanol–water partition coefficient (Wildman–Crippen LogP) is 12.0. The van der Waals surface area contributed by atoms with Gasteiger partial charge < -0.3 is 24.7 Å². The molecule has 0 saturated heterocycles. The number of hydrogen-bond donors (Lipinski definition) is 0. The molecule has 8 rings (SSSR count). The Morgan fingerprint density at radius 1 is 0.589 bits per heavy atom. The molecule has 0 aliphatic rings. The van der Waals surface area contributed by atoms with Crippen LogP contribution in [-0.4, -0.2) is 19.9 Å². The van der Waals surface area contributed by atoms with Gasteiger partial charge in [-0.25, -0.2) is 0 Å². The van der Waals surface area contributed by atoms with Crippen molar-refractivity contribution in [2.75, 3.05) is 0 Å². The number of para-hydroxylation sites is 2. The molecule has 3 heterocycles. The van der Waals surface area contributed by atoms with Crippen LogP contribution in [0.4, 0.5) is 0 Å². The second-order valence-corrected chi connectivity index (χ2v) is 14.4. The van der Waals surface area contributed by atoms with Gasteiger partial charge in [-0.05, 0) is 58.4 Å². The number of ether oxygens (including phenoxy) is 1. The molecule has 5 aromatic carbocycles. The van der Waals surface area contributed by atoms with Crippen molar-refractivity contribution in [3.8, 4) is 56.5 Å². The van der Waals surface area contributed by atoms with E-state index in [1.54, 1.807) is 6.20 Å². The Morgan fingerprint density at radius 3 is 1.82 bits per heavy atom. The summed E-state index contributed by atoms with van der Waals surface area (Å²) < 4.78 is 6.18. The summed E-state index contributed by atoms with van der Waals surface area (Å²) in [6.07, 6.45) is 4.80. The molecule has 0 aliphatic heterocycles. The maximum Gasteiger partial charge on any atom is 2.00 e. The van der Waals surface area contributed by atoms with Gasteiger partial charge in [-0.2, -0.15) is 0 Å². The molecule has 0 spiro atoms. The van der Waals surface area contributed by atoms with Crippen molar-refractivity contribution >= 4 is 11.0 Å². The van der Waals surface area contributed by atoms with Gasteiger partial charge in [0.15, 0.2) is 0 Å². The Hall–Kier alpha value is -5.12. The molecule has 0 bridgehead atoms. The largest absolute Gasteiger partial charge is 2.00 e. The summed E-state index contributed by atoms with van der Waals surface area (Å²) in [7, 11) is 0. The van der Waals surface area contributed by atoms with E-state index in [4.69, 9.17) is 14.7 Å². The minimum Gasteiger partial charge on any atom is -0.497 e. The van der Waals surface area contributed by atoms with Crippen LogP contribution in [0.15, 0.2) is 140 Å². The molecule has 0 atom stereocenters. The van der Waals surface area contributed by atoms with Crippen LogP contribution in [0.3, 0.4) is 0 Å². The van der Waals surface area contributed by atoms with Crippen LogP contribution >= 0.6 is 0 Å². The number of benzene rings is 5. The van der Waals surface area contributed by atoms with Gasteiger partial charge in [-0.15, -0.1) is 118 Å². The summed E-state index contributed by atoms with van der Waals surface area (Å²) in [5.41, 5.74) is 12.4. The van der Waals surface area contributed by atoms with Gasteiger partial charge >= 0.3 is 21.1 Å². The summed E-state index contributed by atoms with van der Waals surface area (Å²) in [5, 5.41) is 0. The molecule has 1 radical (unpaired) electrons. The van der Waals surface area contributed by atoms with Crippen LogP contribution < -0.4 is 4.74 Å². The van der Waals surface area contributed by atoms with E-state index in [-0.39, 0.29) is 41.2 Å². The molecule has 0 fully saturated rings. The van der Waals surface area contributed by atoms with Crippen molar-refractivity contribution in [3.05, 3.63) is 181 Å². The number of nitrogens with zero attached hydrogens (tertiary/aromatic N) is 4. The third-order valence-corrected chi connectivity index (χ3v) is 8.47. The van der Waals surface area contributed by atoms with Gasteiger partial charge in [0.05, 0.1) is 11.0 Å². The number of rotatable bonds is 7. The molecule has 0 aliphatic carbocycles. The van der Waals surface area contributed by atoms with E-state index in [9.17, 15) is 0 Å². The third kappa shape index (κ3) is 11.0. The quantitative estimate of drug-likeness (QED) is 0.149. The van der Waals surface area contributed by atoms with Crippen LogP contribution in [0.25, 0.3) is 56.1 Å². The smallest absolute Gasteiger partial charge is 0.497 e. The normalized spacial score (nSPS) is 10.7. The Balaban J connectivity index is 0.000000267. The Kier molecular flexibility index (Phi) is 14.4. The molecule has 0 amide bonds. The van der Waals surface area contributed by atoms with E-state index in [1.165, 1.54) is 5.56 Å². The van der Waals surface area contributed by atoms with E-state index < -0.39 is 0 Å². The van der Waals surface area contributed by atoms with Gasteiger partial charge in [0.25, 0.3) is 0 Å². The molecule has 0 saturated carbocycles. The third-order valence-electron chi connectivity index (χ3n) is 8.47. The molecule has 5 nitrogen and oxygen atoms in total. The fourth-order valence-electron chi connectivity index (χ4n) is 6.19. The van der Waals surface area contributed by atoms with Crippen LogP contribution in [0, 0.1) is 43.5 Å². The first-order valence-corrected chi connectivity index (χ1v) is 18.0. The second-order valence-electron chi connectivity index (χ2n) is 14.4. The van der Waals surface area contributed by atoms with E-state index in [0.29, 0.717) is 16.9 Å². The van der Waals surface area contributed by atoms with Gasteiger partial charge in [-0.1, -0.05) is 83.1 Å². The zero-order valence-corrected chi connectivity index (χ0v) is 36.5. The van der Waals surface area contributed by atoms with E-state index in [1.807, 2.05) is 116 Å². The van der Waals surface area contributed by atoms with Crippen molar-refractivity contribution in [2.45, 2.75) is 41.0 Å². The average Bonchev–Trinajstić information content (AvgIpc) is 3.18. The van der Waals surface area contributed by atoms with Crippen molar-refractivity contribution in [3.63, 3.8) is 0 Å². The molecule has 283 valence electrons. The second kappa shape index (κ2) is 19.2. The predicted molar refractivity (Wildman–Crippen MR) is 218 cm³/mol. The van der Waals surface area contributed by atoms with Crippen LogP contribution in [-0.2, 0) is 47.6 Å². The Bertz CT molecular complexity index is 2480. The molecular formula is C49H40IrN4OPt-2. The molecule has 56 heavy (non-hydrogen) atoms. The molecule has 0 N–H and O–H groups in total. The minimum atomic E-state index is 0. The number of pyridine rings is 2. The van der Waals surface area contributed by atoms with Crippen LogP contribution in [0.2, 0.25) is 0 Å². The Labute approximate surface area is 358 Å². The first-order valence-electron chi connectivity index (χ1n) is 18.0. The van der Waals surface area contributed by atoms with Crippen LogP contribution in [0.1, 0.15) is 37.5 Å². The number of hydrogen-bond acceptors (Lipinski definition) is 5. The van der Waals surface area contributed by atoms with Gasteiger partial charge in [0, 0.05) is 44.0 Å². The standard InChI is InChI=1S/C33H22N3O.C16H18N.Ir.Pt/c1-22-17-23(2)19-26(18-22)33-32(35-30-14-3-4-15-31(30)36-33)25-10-8-12-28(21-25)37-27-11-7-9-24(20-27)29-13-5-6-16-34-29;1-16(2,3)11-13-9-10-15(17-12-13)14-7-5-4-6-8-14;;/h3-18H,1-2H3;4-7,9-10,12H,11H2,1-3H3;;/q-3;-1;;+2. The number of aryl methyl sites for hydroxylation is 2. The summed E-state index contributed by atoms with van der Waals surface area (Å²) in [6.45, 7) is 10.8. The van der Waals surface area contributed by atoms with Crippen LogP contribution in [0.5, 0.6) is 11.5 Å². The maximum absolute atomic E-state index is 6.18. The first-order chi connectivity index (χ1) is 26.2. The SMILES string of the molecule is CC(C)(C)Cc1ccc(-c2[c-]cccc2)nc1.Cc1[c-]c(-c2nc3ccccc3nc2-c2[c-]c(Oc3[c-]c(-c4ccccn4)ccc3)ccc2)cc(C)c1.[Ir].[Pt+2]. The zero-order chi connectivity index (χ0) is 37.5. The molecular weight excluding hydrogens is 1050 g/mol. The van der Waals surface area contributed by atoms with Gasteiger partial charge in [-0.3, -0.25) is 0 Å². The summed E-state index contributed by atoms with van der Waals surface area (Å²) in [6, 6.07) is 55.0. The summed E-state index contributed by atoms with van der Waals surface area (Å²) in [5.74, 6) is 1.15. The average molecular weight is 1090 g/mol. The fourth-order valence-corrected chi connectivity index (χ4v) is 6.19. The van der Waals surface area contributed by atoms with Crippen molar-refractivity contribution in [2.24, 2.45) is 5.41 Å². The number of aromatic nitrogens is 4. The van der Waals surface area contributed by atoms with Crippen molar-refractivity contribution < 1.29 is 45.9 Å². The van der Waals surface area contributed by atoms with Gasteiger partial charge in [0.1, 0.15) is 0 Å². The van der Waals surface area contributed by atoms with E-state index in [0.717, 1.165) is 73.6 Å². The molecule has 8 aromatic rings. The van der Waals surface area contributed by atoms with Crippen molar-refractivity contribution in [1.82, 2.24) is 19.9 Å². The minimum absolute atomic E-state index is 0. The zero-order valence-electron chi connectivity index (χ0n) is 31.8. The molecule has 7 heteroatoms. The topological polar surface area (TPSA) is 60.8 Å². The van der Waals surface area contributed by atoms with Crippen molar-refractivity contribution in [1.29, 1.82) is 0 Å². The summed E-state index contributed by atoms with van der Waals surface area (Å²) in [4.78, 5) is 18.9. The fraction of sp³-hybridized carbons (Fsp3) is 0.143. The maximum atomic E-state index is 6.18. The Morgan fingerprint density at radius 2 is 1.21 bits per heavy atom. The molecule has 3 aromatic heterocycles. The monoisotopic (exact) mass is 1090 g/mol. The van der Waals surface area contributed by atoms with E-state index in [2.05, 4.69) is 86.2 Å². The number of fused-ring (bicyclic) bond motifs is 1. The van der Waals surface area contributed by atoms with Gasteiger partial charge in [0.2, 0.25) is 0 Å². The summed E-state index contributed by atoms with van der Waals surface area (Å²) >= 11 is 0. The first kappa shape index (κ1) is 42.0. The molecule has 0 unspecified atom stereocenters.